The van der Waals surface area contributed by atoms with Crippen LogP contribution in [0.25, 0.3) is 0 Å². The number of hydrogen-bond donors (Lipinski definition) is 0. The highest BCUT2D eigenvalue weighted by atomic mass is 19.1. The number of hydrogen-bond acceptors (Lipinski definition) is 3. The molecule has 0 aromatic carbocycles. The van der Waals surface area contributed by atoms with Crippen molar-refractivity contribution in [1.82, 2.24) is 4.90 Å². The van der Waals surface area contributed by atoms with Crippen LogP contribution in [0.5, 0.6) is 0 Å². The summed E-state index contributed by atoms with van der Waals surface area (Å²) in [5.41, 5.74) is 0. The van der Waals surface area contributed by atoms with Crippen molar-refractivity contribution < 1.29 is 13.8 Å². The summed E-state index contributed by atoms with van der Waals surface area (Å²) in [6.45, 7) is 3.44. The molecule has 0 aromatic heterocycles. The molecule has 0 fully saturated rings. The molecule has 0 amide bonds. The first-order valence-corrected chi connectivity index (χ1v) is 4.36. The summed E-state index contributed by atoms with van der Waals surface area (Å²) in [4.78, 5) is 11.8. The SMILES string of the molecule is CCCCN(C)C.COC(=O)BF. The summed E-state index contributed by atoms with van der Waals surface area (Å²) in [6.07, 6.45) is 2.63. The number of carbonyl (C=O) groups excluding carboxylic acids is 1. The molecule has 0 rings (SSSR count). The van der Waals surface area contributed by atoms with Crippen molar-refractivity contribution in [2.45, 2.75) is 19.8 Å². The zero-order valence-electron chi connectivity index (χ0n) is 8.97. The zero-order valence-corrected chi connectivity index (χ0v) is 8.97. The minimum atomic E-state index is -1.03. The molecule has 0 bridgehead atoms. The molecule has 13 heavy (non-hydrogen) atoms. The highest BCUT2D eigenvalue weighted by Crippen LogP contribution is 1.86. The Morgan fingerprint density at radius 1 is 1.54 bits per heavy atom. The summed E-state index contributed by atoms with van der Waals surface area (Å²) in [5.74, 6) is -0.824. The molecule has 0 atom stereocenters. The number of halogens is 1. The standard InChI is InChI=1S/C6H15N.C2H4BFO2/c1-4-5-6-7(2)3;1-6-2(5)3-4/h4-6H2,1-3H3;3H,1H3. The molecule has 0 N–H and O–H groups in total. The molecular formula is C8H19BFNO2. The first kappa shape index (κ1) is 14.9. The van der Waals surface area contributed by atoms with Crippen molar-refractivity contribution in [1.29, 1.82) is 0 Å². The minimum Gasteiger partial charge on any atom is -0.475 e. The Kier molecular flexibility index (Phi) is 13.1. The van der Waals surface area contributed by atoms with Crippen LogP contribution in [0.4, 0.5) is 9.11 Å². The van der Waals surface area contributed by atoms with Crippen LogP contribution < -0.4 is 0 Å². The fourth-order valence-electron chi connectivity index (χ4n) is 0.529. The van der Waals surface area contributed by atoms with E-state index in [1.807, 2.05) is 0 Å². The minimum absolute atomic E-state index is 0.824. The molecule has 0 radical (unpaired) electrons. The van der Waals surface area contributed by atoms with E-state index in [1.165, 1.54) is 19.4 Å². The molecule has 0 saturated heterocycles. The summed E-state index contributed by atoms with van der Waals surface area (Å²) < 4.78 is 14.8. The third kappa shape index (κ3) is 18.4. The lowest BCUT2D eigenvalue weighted by Crippen LogP contribution is -2.12. The Morgan fingerprint density at radius 3 is 2.15 bits per heavy atom. The quantitative estimate of drug-likeness (QED) is 0.629. The molecule has 0 aromatic rings. The second-order valence-electron chi connectivity index (χ2n) is 2.87. The monoisotopic (exact) mass is 191 g/mol. The zero-order chi connectivity index (χ0) is 10.7. The predicted molar refractivity (Wildman–Crippen MR) is 54.1 cm³/mol. The van der Waals surface area contributed by atoms with Gasteiger partial charge in [0.25, 0.3) is 5.87 Å². The van der Waals surface area contributed by atoms with Crippen LogP contribution in [0, 0.1) is 0 Å². The van der Waals surface area contributed by atoms with E-state index in [4.69, 9.17) is 0 Å². The van der Waals surface area contributed by atoms with Gasteiger partial charge in [0.1, 0.15) is 0 Å². The smallest absolute Gasteiger partial charge is 0.457 e. The van der Waals surface area contributed by atoms with Gasteiger partial charge in [-0.25, -0.2) is 0 Å². The second-order valence-corrected chi connectivity index (χ2v) is 2.87. The van der Waals surface area contributed by atoms with E-state index >= 15 is 0 Å². The van der Waals surface area contributed by atoms with Crippen molar-refractivity contribution >= 4 is 13.4 Å². The van der Waals surface area contributed by atoms with Crippen LogP contribution in [0.1, 0.15) is 19.8 Å². The first-order valence-electron chi connectivity index (χ1n) is 4.36. The van der Waals surface area contributed by atoms with Crippen molar-refractivity contribution in [3.05, 3.63) is 0 Å². The van der Waals surface area contributed by atoms with Crippen molar-refractivity contribution in [2.75, 3.05) is 27.7 Å². The van der Waals surface area contributed by atoms with Crippen molar-refractivity contribution in [2.24, 2.45) is 0 Å². The summed E-state index contributed by atoms with van der Waals surface area (Å²) >= 11 is 0. The molecule has 5 heteroatoms. The lowest BCUT2D eigenvalue weighted by molar-refractivity contribution is 0.196. The first-order chi connectivity index (χ1) is 6.08. The van der Waals surface area contributed by atoms with Crippen LogP contribution >= 0.6 is 0 Å². The van der Waals surface area contributed by atoms with E-state index < -0.39 is 13.4 Å². The molecule has 0 heterocycles. The van der Waals surface area contributed by atoms with E-state index in [-0.39, 0.29) is 0 Å². The highest BCUT2D eigenvalue weighted by molar-refractivity contribution is 6.66. The normalized spacial score (nSPS) is 8.77. The molecular weight excluding hydrogens is 172 g/mol. The largest absolute Gasteiger partial charge is 0.475 e. The number of rotatable bonds is 4. The van der Waals surface area contributed by atoms with E-state index in [9.17, 15) is 9.11 Å². The van der Waals surface area contributed by atoms with Crippen LogP contribution in [-0.4, -0.2) is 46.1 Å². The molecule has 3 nitrogen and oxygen atoms in total. The lowest BCUT2D eigenvalue weighted by atomic mass is 10.1. The molecule has 0 saturated carbocycles. The van der Waals surface area contributed by atoms with Crippen LogP contribution in [0.2, 0.25) is 0 Å². The van der Waals surface area contributed by atoms with E-state index in [1.54, 1.807) is 0 Å². The molecule has 0 aliphatic carbocycles. The van der Waals surface area contributed by atoms with Gasteiger partial charge in [-0.05, 0) is 27.1 Å². The van der Waals surface area contributed by atoms with Crippen molar-refractivity contribution in [3.63, 3.8) is 0 Å². The summed E-state index contributed by atoms with van der Waals surface area (Å²) in [7, 11) is 4.32. The van der Waals surface area contributed by atoms with E-state index in [0.29, 0.717) is 0 Å². The number of methoxy groups -OCH3 is 1. The van der Waals surface area contributed by atoms with Gasteiger partial charge in [0.05, 0.1) is 7.11 Å². The van der Waals surface area contributed by atoms with Gasteiger partial charge in [0.15, 0.2) is 0 Å². The van der Waals surface area contributed by atoms with Gasteiger partial charge >= 0.3 is 7.56 Å². The van der Waals surface area contributed by atoms with Crippen molar-refractivity contribution in [3.8, 4) is 0 Å². The van der Waals surface area contributed by atoms with Crippen LogP contribution in [0.15, 0.2) is 0 Å². The maximum absolute atomic E-state index is 10.9. The molecule has 0 aliphatic rings. The number of ether oxygens (including phenoxy) is 1. The molecule has 0 aliphatic heterocycles. The van der Waals surface area contributed by atoms with E-state index in [0.717, 1.165) is 7.11 Å². The maximum atomic E-state index is 10.9. The average Bonchev–Trinajstić information content (AvgIpc) is 2.14. The van der Waals surface area contributed by atoms with Gasteiger partial charge in [0.2, 0.25) is 0 Å². The molecule has 0 spiro atoms. The van der Waals surface area contributed by atoms with Gasteiger partial charge in [-0.2, -0.15) is 0 Å². The lowest BCUT2D eigenvalue weighted by Gasteiger charge is -2.05. The number of nitrogens with zero attached hydrogens (tertiary/aromatic N) is 1. The Balaban J connectivity index is 0. The fourth-order valence-corrected chi connectivity index (χ4v) is 0.529. The fraction of sp³-hybridized carbons (Fsp3) is 0.875. The number of unbranched alkanes of at least 4 members (excludes halogenated alkanes) is 1. The third-order valence-electron chi connectivity index (χ3n) is 1.30. The Morgan fingerprint density at radius 2 is 2.08 bits per heavy atom. The highest BCUT2D eigenvalue weighted by Gasteiger charge is 1.97. The van der Waals surface area contributed by atoms with Gasteiger partial charge < -0.3 is 14.0 Å². The Labute approximate surface area is 80.5 Å². The van der Waals surface area contributed by atoms with Crippen LogP contribution in [-0.2, 0) is 4.74 Å². The number of carbonyl (C=O) groups is 1. The third-order valence-corrected chi connectivity index (χ3v) is 1.30. The summed E-state index contributed by atoms with van der Waals surface area (Å²) in [6, 6.07) is 0. The average molecular weight is 191 g/mol. The van der Waals surface area contributed by atoms with Gasteiger partial charge in [0, 0.05) is 0 Å². The van der Waals surface area contributed by atoms with Gasteiger partial charge in [-0.3, -0.25) is 4.79 Å². The Bertz CT molecular complexity index is 117. The second kappa shape index (κ2) is 11.4. The topological polar surface area (TPSA) is 29.5 Å². The van der Waals surface area contributed by atoms with Crippen LogP contribution in [0.3, 0.4) is 0 Å². The molecule has 0 unspecified atom stereocenters. The van der Waals surface area contributed by atoms with Gasteiger partial charge in [-0.1, -0.05) is 13.3 Å². The van der Waals surface area contributed by atoms with E-state index in [2.05, 4.69) is 30.7 Å². The predicted octanol–water partition coefficient (Wildman–Crippen LogP) is 1.42. The Hall–Kier alpha value is -0.575. The maximum Gasteiger partial charge on any atom is 0.457 e. The van der Waals surface area contributed by atoms with Gasteiger partial charge in [-0.15, -0.1) is 0 Å². The summed E-state index contributed by atoms with van der Waals surface area (Å²) in [5, 5.41) is 0. The molecule has 78 valence electrons.